The number of nitrogens with one attached hydrogen (secondary N) is 3. The quantitative estimate of drug-likeness (QED) is 0.0583. The number of esters is 1. The fourth-order valence-electron chi connectivity index (χ4n) is 5.69. The lowest BCUT2D eigenvalue weighted by atomic mass is 9.96. The van der Waals surface area contributed by atoms with E-state index in [2.05, 4.69) is 63.1 Å². The van der Waals surface area contributed by atoms with Crippen molar-refractivity contribution in [2.45, 2.75) is 135 Å². The molecule has 0 spiro atoms. The van der Waals surface area contributed by atoms with Crippen molar-refractivity contribution in [1.29, 1.82) is 0 Å². The van der Waals surface area contributed by atoms with Crippen LogP contribution in [0.15, 0.2) is 49.6 Å². The molecule has 0 radical (unpaired) electrons. The first-order chi connectivity index (χ1) is 24.4. The van der Waals surface area contributed by atoms with Crippen LogP contribution < -0.4 is 20.5 Å². The summed E-state index contributed by atoms with van der Waals surface area (Å²) in [5, 5.41) is 7.29. The van der Waals surface area contributed by atoms with Crippen molar-refractivity contribution in [3.05, 3.63) is 55.1 Å². The molecule has 292 valence electrons. The summed E-state index contributed by atoms with van der Waals surface area (Å²) in [5.41, 5.74) is 3.87. The fourth-order valence-corrected chi connectivity index (χ4v) is 6.71. The van der Waals surface area contributed by atoms with E-state index >= 15 is 0 Å². The molecule has 1 fully saturated rings. The number of nitrogens with zero attached hydrogens (tertiary/aromatic N) is 1. The molecule has 1 heterocycles. The first-order valence-electron chi connectivity index (χ1n) is 18.8. The Bertz CT molecular complexity index is 1350. The van der Waals surface area contributed by atoms with Crippen LogP contribution in [0.5, 0.6) is 5.75 Å². The zero-order valence-electron chi connectivity index (χ0n) is 33.2. The molecule has 1 aromatic rings. The van der Waals surface area contributed by atoms with E-state index in [1.54, 1.807) is 20.1 Å². The number of benzene rings is 1. The molecule has 5 unspecified atom stereocenters. The average molecular weight is 743 g/mol. The largest absolute Gasteiger partial charge is 0.543 e. The lowest BCUT2D eigenvalue weighted by Crippen LogP contribution is -2.62. The summed E-state index contributed by atoms with van der Waals surface area (Å²) in [6.45, 7) is 24.5. The van der Waals surface area contributed by atoms with E-state index in [-0.39, 0.29) is 29.4 Å². The average Bonchev–Trinajstić information content (AvgIpc) is 3.09. The summed E-state index contributed by atoms with van der Waals surface area (Å²) in [5.74, 6) is -1.68. The fraction of sp³-hybridized carbons (Fsp3) is 0.650. The molecule has 0 aliphatic carbocycles. The van der Waals surface area contributed by atoms with E-state index in [4.69, 9.17) is 13.9 Å². The highest BCUT2D eigenvalue weighted by atomic mass is 28.4. The number of hydrogen-bond acceptors (Lipinski definition) is 8. The van der Waals surface area contributed by atoms with E-state index in [0.717, 1.165) is 24.8 Å². The highest BCUT2D eigenvalue weighted by Crippen LogP contribution is 2.37. The number of methoxy groups -OCH3 is 1. The lowest BCUT2D eigenvalue weighted by Gasteiger charge is -2.36. The van der Waals surface area contributed by atoms with Gasteiger partial charge in [0.1, 0.15) is 23.9 Å². The number of unbranched alkanes of at least 4 members (excludes halogenated alkanes) is 2. The summed E-state index contributed by atoms with van der Waals surface area (Å²) < 4.78 is 17.6. The van der Waals surface area contributed by atoms with Crippen molar-refractivity contribution in [1.82, 2.24) is 21.1 Å². The van der Waals surface area contributed by atoms with Crippen molar-refractivity contribution in [3.8, 4) is 5.75 Å². The number of carbonyl (C=O) groups excluding carboxylic acids is 4. The zero-order valence-corrected chi connectivity index (χ0v) is 34.2. The molecule has 3 N–H and O–H groups in total. The van der Waals surface area contributed by atoms with Gasteiger partial charge in [0.15, 0.2) is 0 Å². The Kier molecular flexibility index (Phi) is 18.3. The van der Waals surface area contributed by atoms with Crippen molar-refractivity contribution in [3.63, 3.8) is 0 Å². The van der Waals surface area contributed by atoms with Gasteiger partial charge in [-0.3, -0.25) is 24.2 Å². The van der Waals surface area contributed by atoms with E-state index < -0.39 is 50.1 Å². The molecule has 5 atom stereocenters. The maximum absolute atomic E-state index is 14.3. The van der Waals surface area contributed by atoms with Crippen LogP contribution >= 0.6 is 0 Å². The van der Waals surface area contributed by atoms with Gasteiger partial charge < -0.3 is 24.5 Å². The molecular weight excluding hydrogens is 677 g/mol. The Morgan fingerprint density at radius 2 is 1.73 bits per heavy atom. The molecule has 11 nitrogen and oxygen atoms in total. The third-order valence-electron chi connectivity index (χ3n) is 10.1. The topological polar surface area (TPSA) is 135 Å². The predicted molar refractivity (Wildman–Crippen MR) is 209 cm³/mol. The minimum atomic E-state index is -2.15. The Hall–Kier alpha value is -3.48. The number of amides is 3. The number of allylic oxidation sites excluding steroid dienone is 2. The Morgan fingerprint density at radius 1 is 1.04 bits per heavy atom. The van der Waals surface area contributed by atoms with Gasteiger partial charge in [-0.2, -0.15) is 0 Å². The first kappa shape index (κ1) is 44.7. The standard InChI is InChI=1S/C40H66N4O7Si/c1-12-14-16-17-25-50-39(48)32-22-19-24-44(43-32)38(47)33(27-30-20-18-21-31(26-30)51-52(10,11)40(6,7)8)41-37(46)35(28(3)4)42-36(45)29(5)34(49-9)23-15-13-2/h12-13,18,20-21,26,28-29,32-35,43H,1-2,14-17,19,22-25,27H2,3-11H3,(H,41,46)(H,42,45). The van der Waals surface area contributed by atoms with Crippen LogP contribution in [0.4, 0.5) is 0 Å². The zero-order chi connectivity index (χ0) is 39.1. The van der Waals surface area contributed by atoms with Gasteiger partial charge in [-0.05, 0) is 86.7 Å². The smallest absolute Gasteiger partial charge is 0.324 e. The Labute approximate surface area is 313 Å². The van der Waals surface area contributed by atoms with E-state index in [9.17, 15) is 19.2 Å². The van der Waals surface area contributed by atoms with Gasteiger partial charge >= 0.3 is 5.97 Å². The summed E-state index contributed by atoms with van der Waals surface area (Å²) in [4.78, 5) is 54.6. The number of carbonyl (C=O) groups is 4. The van der Waals surface area contributed by atoms with Crippen LogP contribution in [-0.2, 0) is 35.1 Å². The third kappa shape index (κ3) is 13.8. The van der Waals surface area contributed by atoms with Crippen molar-refractivity contribution in [2.24, 2.45) is 11.8 Å². The van der Waals surface area contributed by atoms with E-state index in [1.807, 2.05) is 44.2 Å². The molecule has 0 bridgehead atoms. The summed E-state index contributed by atoms with van der Waals surface area (Å²) in [6.07, 6.45) is 8.30. The molecule has 0 aromatic heterocycles. The molecule has 1 aromatic carbocycles. The predicted octanol–water partition coefficient (Wildman–Crippen LogP) is 6.25. The van der Waals surface area contributed by atoms with Crippen LogP contribution in [0.25, 0.3) is 0 Å². The van der Waals surface area contributed by atoms with Crippen LogP contribution in [0, 0.1) is 11.8 Å². The van der Waals surface area contributed by atoms with Crippen molar-refractivity contribution < 1.29 is 33.1 Å². The van der Waals surface area contributed by atoms with Crippen LogP contribution in [0.1, 0.15) is 92.1 Å². The molecule has 12 heteroatoms. The van der Waals surface area contributed by atoms with Crippen molar-refractivity contribution in [2.75, 3.05) is 20.3 Å². The van der Waals surface area contributed by atoms with Gasteiger partial charge in [0.2, 0.25) is 20.1 Å². The molecule has 2 rings (SSSR count). The number of ether oxygens (including phenoxy) is 2. The Morgan fingerprint density at radius 3 is 2.35 bits per heavy atom. The number of rotatable bonds is 21. The summed E-state index contributed by atoms with van der Waals surface area (Å²) in [6, 6.07) is 5.01. The normalized spacial score (nSPS) is 17.3. The maximum atomic E-state index is 14.3. The molecule has 1 aliphatic heterocycles. The van der Waals surface area contributed by atoms with Gasteiger partial charge in [-0.15, -0.1) is 13.2 Å². The highest BCUT2D eigenvalue weighted by molar-refractivity contribution is 6.74. The minimum absolute atomic E-state index is 0.0125. The monoisotopic (exact) mass is 742 g/mol. The number of hydrazine groups is 1. The number of hydrogen-bond donors (Lipinski definition) is 3. The van der Waals surface area contributed by atoms with Gasteiger partial charge in [-0.25, -0.2) is 5.43 Å². The van der Waals surface area contributed by atoms with Gasteiger partial charge in [-0.1, -0.05) is 65.8 Å². The lowest BCUT2D eigenvalue weighted by molar-refractivity contribution is -0.153. The van der Waals surface area contributed by atoms with E-state index in [1.165, 1.54) is 5.01 Å². The first-order valence-corrected chi connectivity index (χ1v) is 21.7. The second-order valence-electron chi connectivity index (χ2n) is 15.7. The minimum Gasteiger partial charge on any atom is -0.543 e. The second-order valence-corrected chi connectivity index (χ2v) is 20.4. The van der Waals surface area contributed by atoms with Gasteiger partial charge in [0, 0.05) is 20.1 Å². The highest BCUT2D eigenvalue weighted by Gasteiger charge is 2.39. The maximum Gasteiger partial charge on any atom is 0.324 e. The molecule has 52 heavy (non-hydrogen) atoms. The summed E-state index contributed by atoms with van der Waals surface area (Å²) >= 11 is 0. The van der Waals surface area contributed by atoms with Gasteiger partial charge in [0.25, 0.3) is 5.91 Å². The molecular formula is C40H66N4O7Si. The summed E-state index contributed by atoms with van der Waals surface area (Å²) in [7, 11) is -0.582. The van der Waals surface area contributed by atoms with Crippen LogP contribution in [0.3, 0.4) is 0 Å². The molecule has 3 amide bonds. The second kappa shape index (κ2) is 21.3. The molecule has 0 saturated carbocycles. The third-order valence-corrected chi connectivity index (χ3v) is 14.5. The molecule has 1 saturated heterocycles. The van der Waals surface area contributed by atoms with Crippen molar-refractivity contribution >= 4 is 32.0 Å². The SMILES string of the molecule is C=CCCCCOC(=O)C1CCCN(C(=O)C(Cc2cccc(O[Si](C)(C)C(C)(C)C)c2)NC(=O)C(NC(=O)C(C)C(CCC=C)OC)C(C)C)N1. The Balaban J connectivity index is 2.35. The van der Waals surface area contributed by atoms with Gasteiger partial charge in [0.05, 0.1) is 18.6 Å². The van der Waals surface area contributed by atoms with Crippen LogP contribution in [0.2, 0.25) is 18.1 Å². The van der Waals surface area contributed by atoms with E-state index in [0.29, 0.717) is 44.6 Å². The molecule has 1 aliphatic rings. The van der Waals surface area contributed by atoms with Crippen LogP contribution in [-0.4, -0.2) is 81.5 Å².